The molecule has 0 aromatic rings. The average molecular weight is 167 g/mol. The molecule has 0 atom stereocenters. The molecule has 0 radical (unpaired) electrons. The zero-order chi connectivity index (χ0) is 4.50. The molecule has 0 aliphatic carbocycles. The fraction of sp³-hybridized carbons (Fsp3) is 0. The van der Waals surface area contributed by atoms with Crippen molar-refractivity contribution in [3.63, 3.8) is 0 Å². The van der Waals surface area contributed by atoms with Crippen LogP contribution in [-0.4, -0.2) is 17.5 Å². The molecule has 0 bridgehead atoms. The summed E-state index contributed by atoms with van der Waals surface area (Å²) in [6.07, 6.45) is 0. The smallest absolute Gasteiger partial charge is 0.0311 e. The largest absolute Gasteiger partial charge is 1.00 e. The van der Waals surface area contributed by atoms with Crippen LogP contribution in [0.3, 0.4) is 0 Å². The van der Waals surface area contributed by atoms with E-state index in [1.54, 1.807) is 0 Å². The van der Waals surface area contributed by atoms with Crippen LogP contribution >= 0.6 is 0 Å². The van der Waals surface area contributed by atoms with Crippen LogP contribution in [0.1, 0.15) is 0 Å². The number of hydrogen-bond donors (Lipinski definition) is 0. The van der Waals surface area contributed by atoms with E-state index >= 15 is 0 Å². The van der Waals surface area contributed by atoms with Gasteiger partial charge in [-0.05, 0) is 0 Å². The molecule has 0 spiro atoms. The maximum Gasteiger partial charge on any atom is 0.0311 e. The van der Waals surface area contributed by atoms with Crippen LogP contribution in [0.2, 0.25) is 0 Å². The van der Waals surface area contributed by atoms with Crippen LogP contribution in [0.4, 0.5) is 0 Å². The first-order valence-electron chi connectivity index (χ1n) is 0.667. The molecule has 0 N–H and O–H groups in total. The first-order chi connectivity index (χ1) is 2.00. The van der Waals surface area contributed by atoms with E-state index < -0.39 is 10.4 Å². The van der Waals surface area contributed by atoms with Gasteiger partial charge in [0.15, 0.2) is 0 Å². The van der Waals surface area contributed by atoms with Gasteiger partial charge in [0.1, 0.15) is 0 Å². The Labute approximate surface area is 53.3 Å². The summed E-state index contributed by atoms with van der Waals surface area (Å²) in [6.45, 7) is 0. The second-order valence-electron chi connectivity index (χ2n) is 0.408. The highest BCUT2D eigenvalue weighted by Crippen LogP contribution is 1.57. The predicted octanol–water partition coefficient (Wildman–Crippen LogP) is -7.33. The van der Waals surface area contributed by atoms with Gasteiger partial charge in [0.25, 0.3) is 0 Å². The molecule has 0 aliphatic heterocycles. The molecular weight excluding hydrogens is 167 g/mol. The van der Waals surface area contributed by atoms with Gasteiger partial charge in [0.2, 0.25) is 0 Å². The fourth-order valence-electron chi connectivity index (χ4n) is 0. The molecule has 7 heteroatoms. The SMILES string of the molecule is O=S(=O)([O-])[O-].[Cl-].[Cl-]. The second kappa shape index (κ2) is 4.61. The third-order valence-electron chi connectivity index (χ3n) is 0. The molecule has 0 saturated heterocycles. The van der Waals surface area contributed by atoms with Gasteiger partial charge in [-0.3, -0.25) is 8.42 Å². The fourth-order valence-corrected chi connectivity index (χ4v) is 0. The van der Waals surface area contributed by atoms with Crippen molar-refractivity contribution in [1.29, 1.82) is 0 Å². The molecule has 0 unspecified atom stereocenters. The lowest BCUT2D eigenvalue weighted by atomic mass is 15.8. The van der Waals surface area contributed by atoms with Crippen LogP contribution in [0.15, 0.2) is 0 Å². The lowest BCUT2D eigenvalue weighted by Crippen LogP contribution is -3.00. The Morgan fingerprint density at radius 3 is 1.00 bits per heavy atom. The number of hydrogen-bond acceptors (Lipinski definition) is 4. The van der Waals surface area contributed by atoms with Gasteiger partial charge in [0.05, 0.1) is 0 Å². The summed E-state index contributed by atoms with van der Waals surface area (Å²) in [5.41, 5.74) is 0. The molecule has 48 valence electrons. The Bertz CT molecular complexity index is 92.9. The summed E-state index contributed by atoms with van der Waals surface area (Å²) in [5.74, 6) is 0. The molecular formula is Cl2O4S-4. The van der Waals surface area contributed by atoms with Crippen molar-refractivity contribution in [2.75, 3.05) is 0 Å². The van der Waals surface area contributed by atoms with Crippen LogP contribution < -0.4 is 24.8 Å². The lowest BCUT2D eigenvalue weighted by Gasteiger charge is -2.06. The van der Waals surface area contributed by atoms with Crippen LogP contribution in [0.25, 0.3) is 0 Å². The van der Waals surface area contributed by atoms with E-state index in [2.05, 4.69) is 0 Å². The van der Waals surface area contributed by atoms with Crippen molar-refractivity contribution in [3.8, 4) is 0 Å². The summed E-state index contributed by atoms with van der Waals surface area (Å²) in [6, 6.07) is 0. The van der Waals surface area contributed by atoms with E-state index in [9.17, 15) is 0 Å². The predicted molar refractivity (Wildman–Crippen MR) is 10.5 cm³/mol. The van der Waals surface area contributed by atoms with E-state index in [1.165, 1.54) is 0 Å². The van der Waals surface area contributed by atoms with Crippen molar-refractivity contribution in [2.24, 2.45) is 0 Å². The Hall–Kier alpha value is 0.450. The molecule has 0 heterocycles. The highest BCUT2D eigenvalue weighted by Gasteiger charge is 1.49. The normalized spacial score (nSPS) is 8.29. The molecule has 0 aromatic carbocycles. The highest BCUT2D eigenvalue weighted by molar-refractivity contribution is 7.79. The first-order valence-corrected chi connectivity index (χ1v) is 2.00. The zero-order valence-corrected chi connectivity index (χ0v) is 5.13. The van der Waals surface area contributed by atoms with Gasteiger partial charge in [0, 0.05) is 10.4 Å². The van der Waals surface area contributed by atoms with E-state index in [-0.39, 0.29) is 24.8 Å². The maximum absolute atomic E-state index is 8.52. The molecule has 4 nitrogen and oxygen atoms in total. The van der Waals surface area contributed by atoms with Crippen LogP contribution in [0, 0.1) is 0 Å². The zero-order valence-electron chi connectivity index (χ0n) is 2.80. The molecule has 0 amide bonds. The molecule has 0 fully saturated rings. The van der Waals surface area contributed by atoms with E-state index in [0.717, 1.165) is 0 Å². The minimum Gasteiger partial charge on any atom is -1.00 e. The quantitative estimate of drug-likeness (QED) is 0.265. The Morgan fingerprint density at radius 1 is 1.00 bits per heavy atom. The third kappa shape index (κ3) is 631. The summed E-state index contributed by atoms with van der Waals surface area (Å²) in [7, 11) is -5.17. The standard InChI is InChI=1S/2ClH.H2O4S/c;;1-5(2,3)4/h2*1H;(H2,1,2,3,4)/p-4. The minimum absolute atomic E-state index is 0. The van der Waals surface area contributed by atoms with Crippen molar-refractivity contribution in [2.45, 2.75) is 0 Å². The van der Waals surface area contributed by atoms with Gasteiger partial charge in [-0.1, -0.05) is 0 Å². The maximum atomic E-state index is 8.52. The Morgan fingerprint density at radius 2 is 1.00 bits per heavy atom. The summed E-state index contributed by atoms with van der Waals surface area (Å²) in [4.78, 5) is 0. The first kappa shape index (κ1) is 15.7. The highest BCUT2D eigenvalue weighted by atomic mass is 35.5. The minimum atomic E-state index is -5.17. The van der Waals surface area contributed by atoms with Crippen molar-refractivity contribution in [1.82, 2.24) is 0 Å². The topological polar surface area (TPSA) is 80.3 Å². The van der Waals surface area contributed by atoms with Gasteiger partial charge < -0.3 is 33.9 Å². The Kier molecular flexibility index (Phi) is 10.3. The molecule has 0 aliphatic rings. The third-order valence-corrected chi connectivity index (χ3v) is 0. The van der Waals surface area contributed by atoms with Crippen molar-refractivity contribution in [3.05, 3.63) is 0 Å². The molecule has 0 saturated carbocycles. The van der Waals surface area contributed by atoms with Gasteiger partial charge in [-0.25, -0.2) is 0 Å². The monoisotopic (exact) mass is 166 g/mol. The summed E-state index contributed by atoms with van der Waals surface area (Å²) < 4.78 is 34.1. The molecule has 0 aromatic heterocycles. The average Bonchev–Trinajstić information content (AvgIpc) is 0.722. The van der Waals surface area contributed by atoms with Gasteiger partial charge in [-0.2, -0.15) is 0 Å². The van der Waals surface area contributed by atoms with E-state index in [1.807, 2.05) is 0 Å². The number of rotatable bonds is 0. The van der Waals surface area contributed by atoms with Crippen LogP contribution in [0.5, 0.6) is 0 Å². The lowest BCUT2D eigenvalue weighted by molar-refractivity contribution is -0.00100. The van der Waals surface area contributed by atoms with Gasteiger partial charge >= 0.3 is 0 Å². The number of halogens is 2. The Balaban J connectivity index is -0.0000000800. The van der Waals surface area contributed by atoms with E-state index in [0.29, 0.717) is 0 Å². The molecule has 0 rings (SSSR count). The summed E-state index contributed by atoms with van der Waals surface area (Å²) in [5, 5.41) is 0. The van der Waals surface area contributed by atoms with Crippen molar-refractivity contribution < 1.29 is 42.3 Å². The van der Waals surface area contributed by atoms with Gasteiger partial charge in [-0.15, -0.1) is 0 Å². The summed E-state index contributed by atoms with van der Waals surface area (Å²) >= 11 is 0. The molecule has 7 heavy (non-hydrogen) atoms. The van der Waals surface area contributed by atoms with Crippen LogP contribution in [-0.2, 0) is 10.4 Å². The van der Waals surface area contributed by atoms with E-state index in [4.69, 9.17) is 17.5 Å². The second-order valence-corrected chi connectivity index (χ2v) is 1.22. The van der Waals surface area contributed by atoms with Crippen molar-refractivity contribution >= 4 is 10.4 Å².